The topological polar surface area (TPSA) is 52.2 Å². The van der Waals surface area contributed by atoms with E-state index < -0.39 is 11.9 Å². The molecule has 0 spiro atoms. The van der Waals surface area contributed by atoms with Crippen LogP contribution in [-0.4, -0.2) is 19.2 Å². The van der Waals surface area contributed by atoms with Gasteiger partial charge in [-0.3, -0.25) is 13.9 Å². The van der Waals surface area contributed by atoms with Gasteiger partial charge in [-0.1, -0.05) is 13.8 Å². The molecule has 1 fully saturated rings. The van der Waals surface area contributed by atoms with Gasteiger partial charge >= 0.3 is 6.18 Å². The smallest absolute Gasteiger partial charge is 0.269 e. The minimum atomic E-state index is -4.49. The van der Waals surface area contributed by atoms with Crippen LogP contribution < -0.4 is 5.56 Å². The second-order valence-corrected chi connectivity index (χ2v) is 8.28. The van der Waals surface area contributed by atoms with Gasteiger partial charge in [0.15, 0.2) is 10.7 Å². The molecule has 0 bridgehead atoms. The number of aryl methyl sites for hydroxylation is 2. The third-order valence-electron chi connectivity index (χ3n) is 5.08. The monoisotopic (exact) mass is 396 g/mol. The van der Waals surface area contributed by atoms with Gasteiger partial charge in [-0.05, 0) is 31.7 Å². The number of rotatable bonds is 4. The molecule has 144 valence electrons. The van der Waals surface area contributed by atoms with Gasteiger partial charge in [-0.2, -0.15) is 18.3 Å². The summed E-state index contributed by atoms with van der Waals surface area (Å²) in [6.45, 7) is 5.95. The van der Waals surface area contributed by atoms with Crippen molar-refractivity contribution in [3.05, 3.63) is 50.1 Å². The molecule has 1 aliphatic carbocycles. The van der Waals surface area contributed by atoms with E-state index in [4.69, 9.17) is 0 Å². The molecule has 0 aromatic carbocycles. The first-order chi connectivity index (χ1) is 12.7. The van der Waals surface area contributed by atoms with Crippen LogP contribution in [0.25, 0.3) is 4.96 Å². The molecule has 3 heterocycles. The number of fused-ring (bicyclic) bond motifs is 1. The SMILES string of the molecule is CCc1cc(C(F)(F)F)nn1Cc1cc(=O)n2c(C3CC3C)c(C)sc2n1. The Bertz CT molecular complexity index is 1080. The molecular weight excluding hydrogens is 377 g/mol. The largest absolute Gasteiger partial charge is 0.435 e. The summed E-state index contributed by atoms with van der Waals surface area (Å²) in [5, 5.41) is 3.67. The van der Waals surface area contributed by atoms with Gasteiger partial charge < -0.3 is 0 Å². The van der Waals surface area contributed by atoms with Crippen LogP contribution in [0.4, 0.5) is 13.2 Å². The minimum Gasteiger partial charge on any atom is -0.269 e. The molecule has 0 N–H and O–H groups in total. The van der Waals surface area contributed by atoms with Crippen molar-refractivity contribution in [3.63, 3.8) is 0 Å². The Morgan fingerprint density at radius 3 is 2.63 bits per heavy atom. The number of thiazole rings is 1. The third kappa shape index (κ3) is 3.18. The Kier molecular flexibility index (Phi) is 4.17. The van der Waals surface area contributed by atoms with Crippen LogP contribution >= 0.6 is 11.3 Å². The minimum absolute atomic E-state index is 0.0388. The molecule has 9 heteroatoms. The average molecular weight is 396 g/mol. The van der Waals surface area contributed by atoms with Crippen molar-refractivity contribution < 1.29 is 13.2 Å². The highest BCUT2D eigenvalue weighted by Gasteiger charge is 2.38. The third-order valence-corrected chi connectivity index (χ3v) is 6.05. The summed E-state index contributed by atoms with van der Waals surface area (Å²) < 4.78 is 41.8. The fourth-order valence-corrected chi connectivity index (χ4v) is 4.59. The molecule has 2 atom stereocenters. The number of hydrogen-bond acceptors (Lipinski definition) is 4. The summed E-state index contributed by atoms with van der Waals surface area (Å²) in [6.07, 6.45) is -3.02. The van der Waals surface area contributed by atoms with E-state index in [0.29, 0.717) is 34.6 Å². The summed E-state index contributed by atoms with van der Waals surface area (Å²) >= 11 is 1.45. The summed E-state index contributed by atoms with van der Waals surface area (Å²) in [5.41, 5.74) is 0.797. The molecule has 0 aliphatic heterocycles. The van der Waals surface area contributed by atoms with Gasteiger partial charge in [0.1, 0.15) is 0 Å². The molecule has 1 aliphatic rings. The summed E-state index contributed by atoms with van der Waals surface area (Å²) in [6, 6.07) is 2.46. The van der Waals surface area contributed by atoms with E-state index in [0.717, 1.165) is 23.1 Å². The van der Waals surface area contributed by atoms with Crippen molar-refractivity contribution >= 4 is 16.3 Å². The normalized spacial score (nSPS) is 19.8. The van der Waals surface area contributed by atoms with E-state index in [9.17, 15) is 18.0 Å². The lowest BCUT2D eigenvalue weighted by molar-refractivity contribution is -0.141. The lowest BCUT2D eigenvalue weighted by atomic mass is 10.2. The Balaban J connectivity index is 1.74. The van der Waals surface area contributed by atoms with E-state index in [1.807, 2.05) is 6.92 Å². The molecule has 0 amide bonds. The van der Waals surface area contributed by atoms with Gasteiger partial charge in [-0.25, -0.2) is 4.98 Å². The fourth-order valence-electron chi connectivity index (χ4n) is 3.52. The fraction of sp³-hybridized carbons (Fsp3) is 0.500. The van der Waals surface area contributed by atoms with Crippen molar-refractivity contribution in [2.45, 2.75) is 52.3 Å². The number of aromatic nitrogens is 4. The molecule has 3 aromatic rings. The molecule has 0 saturated heterocycles. The Hall–Kier alpha value is -2.16. The zero-order chi connectivity index (χ0) is 19.5. The molecule has 1 saturated carbocycles. The van der Waals surface area contributed by atoms with Crippen LogP contribution in [-0.2, 0) is 19.1 Å². The maximum atomic E-state index is 12.9. The Morgan fingerprint density at radius 2 is 2.04 bits per heavy atom. The molecular formula is C18H19F3N4OS. The lowest BCUT2D eigenvalue weighted by Gasteiger charge is -2.07. The van der Waals surface area contributed by atoms with Crippen molar-refractivity contribution in [3.8, 4) is 0 Å². The number of alkyl halides is 3. The first kappa shape index (κ1) is 18.2. The molecule has 4 rings (SSSR count). The predicted molar refractivity (Wildman–Crippen MR) is 96.3 cm³/mol. The van der Waals surface area contributed by atoms with E-state index in [1.165, 1.54) is 22.1 Å². The van der Waals surface area contributed by atoms with Gasteiger partial charge in [0.05, 0.1) is 12.2 Å². The van der Waals surface area contributed by atoms with Crippen LogP contribution in [0.5, 0.6) is 0 Å². The van der Waals surface area contributed by atoms with E-state index in [-0.39, 0.29) is 12.1 Å². The average Bonchev–Trinajstić information content (AvgIpc) is 3.00. The van der Waals surface area contributed by atoms with Crippen molar-refractivity contribution in [1.29, 1.82) is 0 Å². The van der Waals surface area contributed by atoms with E-state index >= 15 is 0 Å². The maximum absolute atomic E-state index is 12.9. The van der Waals surface area contributed by atoms with E-state index in [1.54, 1.807) is 11.3 Å². The van der Waals surface area contributed by atoms with Crippen LogP contribution in [0, 0.1) is 12.8 Å². The first-order valence-corrected chi connectivity index (χ1v) is 9.66. The first-order valence-electron chi connectivity index (χ1n) is 8.85. The Labute approximate surface area is 157 Å². The second-order valence-electron chi connectivity index (χ2n) is 7.10. The van der Waals surface area contributed by atoms with Crippen LogP contribution in [0.1, 0.15) is 53.8 Å². The van der Waals surface area contributed by atoms with Crippen molar-refractivity contribution in [2.24, 2.45) is 5.92 Å². The van der Waals surface area contributed by atoms with Crippen LogP contribution in [0.15, 0.2) is 16.9 Å². The zero-order valence-corrected chi connectivity index (χ0v) is 16.0. The maximum Gasteiger partial charge on any atom is 0.435 e. The molecule has 0 radical (unpaired) electrons. The summed E-state index contributed by atoms with van der Waals surface area (Å²) in [5.74, 6) is 0.946. The predicted octanol–water partition coefficient (Wildman–Crippen LogP) is 4.01. The van der Waals surface area contributed by atoms with Gasteiger partial charge in [0.2, 0.25) is 0 Å². The standard InChI is InChI=1S/C18H19F3N4OS/c1-4-12-7-14(18(19,20)21)23-24(12)8-11-6-15(26)25-16(13-5-9(13)2)10(3)27-17(25)22-11/h6-7,9,13H,4-5,8H2,1-3H3. The van der Waals surface area contributed by atoms with E-state index in [2.05, 4.69) is 17.0 Å². The van der Waals surface area contributed by atoms with Crippen molar-refractivity contribution in [1.82, 2.24) is 19.2 Å². The quantitative estimate of drug-likeness (QED) is 0.670. The Morgan fingerprint density at radius 1 is 1.33 bits per heavy atom. The highest BCUT2D eigenvalue weighted by atomic mass is 32.1. The zero-order valence-electron chi connectivity index (χ0n) is 15.2. The van der Waals surface area contributed by atoms with Gasteiger partial charge in [0, 0.05) is 28.2 Å². The van der Waals surface area contributed by atoms with Crippen molar-refractivity contribution in [2.75, 3.05) is 0 Å². The molecule has 5 nitrogen and oxygen atoms in total. The summed E-state index contributed by atoms with van der Waals surface area (Å²) in [7, 11) is 0. The molecule has 27 heavy (non-hydrogen) atoms. The second kappa shape index (κ2) is 6.19. The number of halogens is 3. The highest BCUT2D eigenvalue weighted by Crippen LogP contribution is 2.49. The summed E-state index contributed by atoms with van der Waals surface area (Å²) in [4.78, 5) is 18.9. The molecule has 3 aromatic heterocycles. The number of nitrogens with zero attached hydrogens (tertiary/aromatic N) is 4. The lowest BCUT2D eigenvalue weighted by Crippen LogP contribution is -2.18. The highest BCUT2D eigenvalue weighted by molar-refractivity contribution is 7.17. The van der Waals surface area contributed by atoms with Gasteiger partial charge in [-0.15, -0.1) is 11.3 Å². The van der Waals surface area contributed by atoms with Crippen LogP contribution in [0.2, 0.25) is 0 Å². The molecule has 2 unspecified atom stereocenters. The van der Waals surface area contributed by atoms with Crippen LogP contribution in [0.3, 0.4) is 0 Å². The number of hydrogen-bond donors (Lipinski definition) is 0. The van der Waals surface area contributed by atoms with Gasteiger partial charge in [0.25, 0.3) is 5.56 Å².